The van der Waals surface area contributed by atoms with E-state index in [2.05, 4.69) is 9.88 Å². The van der Waals surface area contributed by atoms with E-state index in [1.807, 2.05) is 19.4 Å². The van der Waals surface area contributed by atoms with Crippen LogP contribution in [0, 0.1) is 17.0 Å². The van der Waals surface area contributed by atoms with Gasteiger partial charge in [-0.2, -0.15) is 0 Å². The first-order valence-corrected chi connectivity index (χ1v) is 7.92. The highest BCUT2D eigenvalue weighted by atomic mass is 32.1. The van der Waals surface area contributed by atoms with Gasteiger partial charge in [-0.3, -0.25) is 15.0 Å². The van der Waals surface area contributed by atoms with Crippen LogP contribution in [0.1, 0.15) is 10.7 Å². The van der Waals surface area contributed by atoms with E-state index in [4.69, 9.17) is 9.47 Å². The number of nitro benzene ring substituents is 1. The standard InChI is InChI=1S/C15H19N3O4S/c1-11-16-12(10-23-11)9-17(2)6-7-22-15-5-4-13(21-3)8-14(15)18(19)20/h4-5,8,10H,6-7,9H2,1-3H3. The molecule has 1 aromatic heterocycles. The molecule has 124 valence electrons. The number of hydrogen-bond donors (Lipinski definition) is 0. The summed E-state index contributed by atoms with van der Waals surface area (Å²) in [5.74, 6) is 0.675. The number of nitrogens with zero attached hydrogens (tertiary/aromatic N) is 3. The number of ether oxygens (including phenoxy) is 2. The molecule has 1 heterocycles. The monoisotopic (exact) mass is 337 g/mol. The number of rotatable bonds is 8. The molecule has 2 aromatic rings. The molecule has 0 radical (unpaired) electrons. The summed E-state index contributed by atoms with van der Waals surface area (Å²) in [6.45, 7) is 3.69. The Bertz CT molecular complexity index is 674. The topological polar surface area (TPSA) is 77.7 Å². The lowest BCUT2D eigenvalue weighted by Gasteiger charge is -2.15. The van der Waals surface area contributed by atoms with Crippen LogP contribution < -0.4 is 9.47 Å². The van der Waals surface area contributed by atoms with Crippen molar-refractivity contribution < 1.29 is 14.4 Å². The fourth-order valence-corrected chi connectivity index (χ4v) is 2.64. The van der Waals surface area contributed by atoms with Gasteiger partial charge in [0.1, 0.15) is 12.4 Å². The molecule has 2 rings (SSSR count). The van der Waals surface area contributed by atoms with Gasteiger partial charge < -0.3 is 9.47 Å². The van der Waals surface area contributed by atoms with Gasteiger partial charge in [0.25, 0.3) is 0 Å². The summed E-state index contributed by atoms with van der Waals surface area (Å²) in [5, 5.41) is 14.2. The van der Waals surface area contributed by atoms with Gasteiger partial charge in [0.2, 0.25) is 0 Å². The van der Waals surface area contributed by atoms with Crippen molar-refractivity contribution in [3.05, 3.63) is 44.4 Å². The molecule has 7 nitrogen and oxygen atoms in total. The first kappa shape index (κ1) is 17.2. The van der Waals surface area contributed by atoms with E-state index < -0.39 is 4.92 Å². The Kier molecular flexibility index (Phi) is 5.89. The average Bonchev–Trinajstić information content (AvgIpc) is 2.92. The van der Waals surface area contributed by atoms with Crippen LogP contribution in [-0.2, 0) is 6.54 Å². The summed E-state index contributed by atoms with van der Waals surface area (Å²) in [4.78, 5) is 17.1. The van der Waals surface area contributed by atoms with Crippen molar-refractivity contribution in [2.45, 2.75) is 13.5 Å². The summed E-state index contributed by atoms with van der Waals surface area (Å²) in [6.07, 6.45) is 0. The predicted molar refractivity (Wildman–Crippen MR) is 88.3 cm³/mol. The third-order valence-electron chi connectivity index (χ3n) is 3.19. The quantitative estimate of drug-likeness (QED) is 0.544. The lowest BCUT2D eigenvalue weighted by atomic mass is 10.3. The molecule has 0 fully saturated rings. The molecule has 0 atom stereocenters. The van der Waals surface area contributed by atoms with Crippen molar-refractivity contribution in [1.82, 2.24) is 9.88 Å². The molecule has 23 heavy (non-hydrogen) atoms. The van der Waals surface area contributed by atoms with Crippen molar-refractivity contribution in [3.8, 4) is 11.5 Å². The highest BCUT2D eigenvalue weighted by Gasteiger charge is 2.16. The molecule has 0 saturated carbocycles. The van der Waals surface area contributed by atoms with E-state index in [1.165, 1.54) is 13.2 Å². The Balaban J connectivity index is 1.89. The smallest absolute Gasteiger partial charge is 0.314 e. The van der Waals surface area contributed by atoms with E-state index in [1.54, 1.807) is 23.5 Å². The third-order valence-corrected chi connectivity index (χ3v) is 4.01. The van der Waals surface area contributed by atoms with E-state index >= 15 is 0 Å². The second-order valence-electron chi connectivity index (χ2n) is 5.03. The maximum absolute atomic E-state index is 11.1. The lowest BCUT2D eigenvalue weighted by molar-refractivity contribution is -0.385. The normalized spacial score (nSPS) is 10.8. The summed E-state index contributed by atoms with van der Waals surface area (Å²) < 4.78 is 10.6. The van der Waals surface area contributed by atoms with Crippen molar-refractivity contribution in [2.75, 3.05) is 27.3 Å². The Morgan fingerprint density at radius 3 is 2.83 bits per heavy atom. The SMILES string of the molecule is COc1ccc(OCCN(C)Cc2csc(C)n2)c([N+](=O)[O-])c1. The molecular formula is C15H19N3O4S. The zero-order valence-electron chi connectivity index (χ0n) is 13.3. The zero-order valence-corrected chi connectivity index (χ0v) is 14.1. The molecule has 1 aromatic carbocycles. The van der Waals surface area contributed by atoms with Crippen LogP contribution in [0.5, 0.6) is 11.5 Å². The fraction of sp³-hybridized carbons (Fsp3) is 0.400. The number of aryl methyl sites for hydroxylation is 1. The Morgan fingerprint density at radius 2 is 2.22 bits per heavy atom. The minimum atomic E-state index is -0.473. The van der Waals surface area contributed by atoms with Crippen LogP contribution in [-0.4, -0.2) is 42.1 Å². The Morgan fingerprint density at radius 1 is 1.43 bits per heavy atom. The minimum Gasteiger partial charge on any atom is -0.496 e. The second-order valence-corrected chi connectivity index (χ2v) is 6.10. The van der Waals surface area contributed by atoms with Gasteiger partial charge in [-0.1, -0.05) is 0 Å². The molecule has 0 unspecified atom stereocenters. The summed E-state index contributed by atoms with van der Waals surface area (Å²) >= 11 is 1.62. The molecule has 0 saturated heterocycles. The lowest BCUT2D eigenvalue weighted by Crippen LogP contribution is -2.24. The second kappa shape index (κ2) is 7.89. The molecule has 0 aliphatic rings. The Hall–Kier alpha value is -2.19. The molecule has 0 bridgehead atoms. The number of thiazole rings is 1. The van der Waals surface area contributed by atoms with E-state index in [-0.39, 0.29) is 11.4 Å². The fourth-order valence-electron chi connectivity index (χ4n) is 2.04. The van der Waals surface area contributed by atoms with Gasteiger partial charge >= 0.3 is 5.69 Å². The maximum Gasteiger partial charge on any atom is 0.314 e. The molecular weight excluding hydrogens is 318 g/mol. The Labute approximate surface area is 138 Å². The summed E-state index contributed by atoms with van der Waals surface area (Å²) in [5.41, 5.74) is 0.924. The largest absolute Gasteiger partial charge is 0.496 e. The highest BCUT2D eigenvalue weighted by Crippen LogP contribution is 2.30. The molecule has 0 aliphatic heterocycles. The predicted octanol–water partition coefficient (Wildman–Crippen LogP) is 2.88. The first-order valence-electron chi connectivity index (χ1n) is 7.04. The number of hydrogen-bond acceptors (Lipinski definition) is 7. The van der Waals surface area contributed by atoms with Gasteiger partial charge in [-0.25, -0.2) is 4.98 Å². The van der Waals surface area contributed by atoms with Gasteiger partial charge in [0, 0.05) is 18.5 Å². The van der Waals surface area contributed by atoms with Crippen LogP contribution in [0.3, 0.4) is 0 Å². The van der Waals surface area contributed by atoms with Crippen LogP contribution >= 0.6 is 11.3 Å². The molecule has 0 aliphatic carbocycles. The zero-order chi connectivity index (χ0) is 16.8. The molecule has 0 amide bonds. The number of benzene rings is 1. The number of aromatic nitrogens is 1. The first-order chi connectivity index (χ1) is 11.0. The van der Waals surface area contributed by atoms with Gasteiger partial charge in [-0.05, 0) is 26.1 Å². The minimum absolute atomic E-state index is 0.0953. The van der Waals surface area contributed by atoms with Crippen molar-refractivity contribution >= 4 is 17.0 Å². The van der Waals surface area contributed by atoms with Crippen LogP contribution in [0.15, 0.2) is 23.6 Å². The third kappa shape index (κ3) is 4.90. The van der Waals surface area contributed by atoms with Crippen molar-refractivity contribution in [2.24, 2.45) is 0 Å². The highest BCUT2D eigenvalue weighted by molar-refractivity contribution is 7.09. The van der Waals surface area contributed by atoms with E-state index in [0.29, 0.717) is 18.9 Å². The molecule has 8 heteroatoms. The summed E-state index contributed by atoms with van der Waals surface area (Å²) in [6, 6.07) is 4.56. The van der Waals surface area contributed by atoms with Crippen LogP contribution in [0.4, 0.5) is 5.69 Å². The van der Waals surface area contributed by atoms with Crippen LogP contribution in [0.25, 0.3) is 0 Å². The van der Waals surface area contributed by atoms with Gasteiger partial charge in [0.15, 0.2) is 5.75 Å². The van der Waals surface area contributed by atoms with Gasteiger partial charge in [0.05, 0.1) is 28.8 Å². The van der Waals surface area contributed by atoms with E-state index in [9.17, 15) is 10.1 Å². The van der Waals surface area contributed by atoms with Crippen molar-refractivity contribution in [3.63, 3.8) is 0 Å². The summed E-state index contributed by atoms with van der Waals surface area (Å²) in [7, 11) is 3.43. The number of methoxy groups -OCH3 is 1. The average molecular weight is 337 g/mol. The van der Waals surface area contributed by atoms with Crippen molar-refractivity contribution in [1.29, 1.82) is 0 Å². The maximum atomic E-state index is 11.1. The molecule has 0 N–H and O–H groups in total. The molecule has 0 spiro atoms. The van der Waals surface area contributed by atoms with E-state index in [0.717, 1.165) is 17.2 Å². The number of nitro groups is 1. The number of likely N-dealkylation sites (N-methyl/N-ethyl adjacent to an activating group) is 1. The van der Waals surface area contributed by atoms with Gasteiger partial charge in [-0.15, -0.1) is 11.3 Å². The van der Waals surface area contributed by atoms with Crippen LogP contribution in [0.2, 0.25) is 0 Å².